The fourth-order valence-corrected chi connectivity index (χ4v) is 11.6. The summed E-state index contributed by atoms with van der Waals surface area (Å²) in [6, 6.07) is 0. The van der Waals surface area contributed by atoms with Crippen molar-refractivity contribution in [3.8, 4) is 0 Å². The fourth-order valence-electron chi connectivity index (χ4n) is 10.0. The highest BCUT2D eigenvalue weighted by Crippen LogP contribution is 2.45. The highest BCUT2D eigenvalue weighted by atomic mass is 31.2. The number of hydrogen-bond acceptors (Lipinski definition) is 15. The number of hydrogen-bond donors (Lipinski definition) is 3. The second-order valence-corrected chi connectivity index (χ2v) is 28.6. The van der Waals surface area contributed by atoms with Crippen LogP contribution in [0.3, 0.4) is 0 Å². The zero-order valence-electron chi connectivity index (χ0n) is 58.8. The zero-order chi connectivity index (χ0) is 67.9. The maximum atomic E-state index is 13.0. The first kappa shape index (κ1) is 89.0. The van der Waals surface area contributed by atoms with E-state index in [1.165, 1.54) is 103 Å². The van der Waals surface area contributed by atoms with Gasteiger partial charge in [-0.25, -0.2) is 9.13 Å². The molecule has 0 spiro atoms. The minimum absolute atomic E-state index is 0.0816. The Morgan fingerprint density at radius 1 is 0.359 bits per heavy atom. The smallest absolute Gasteiger partial charge is 0.462 e. The standard InChI is InChI=1S/C73H134O17P2/c1-7-10-12-14-16-18-20-22-24-26-28-30-37-43-49-55-70(75)83-61-68(90-73(78)58-52-46-39-33-32-36-42-48-54-66(6)9-3)63-87-91(79,80)85-59-67(74)60-86-92(81,82)88-64-69(62-84-71(76)56-50-44-40-34-35-41-47-53-65(4)5)89-72(77)57-51-45-38-31-29-27-25-23-21-19-17-15-13-11-8-2/h18-25,65-69,74H,7-17,26-64H2,1-6H3,(H,79,80)(H,81,82)/b20-18-,21-19-,24-22-,25-23-/t66?,67?,68-,69-/m1/s1. The van der Waals surface area contributed by atoms with E-state index in [0.29, 0.717) is 31.6 Å². The third-order valence-corrected chi connectivity index (χ3v) is 18.0. The molecule has 0 aliphatic rings. The number of aliphatic hydroxyl groups excluding tert-OH is 1. The van der Waals surface area contributed by atoms with Crippen molar-refractivity contribution in [2.75, 3.05) is 39.6 Å². The number of phosphoric acid groups is 2. The average molecular weight is 1350 g/mol. The molecule has 6 atom stereocenters. The summed E-state index contributed by atoms with van der Waals surface area (Å²) in [6.07, 6.45) is 55.8. The van der Waals surface area contributed by atoms with Crippen LogP contribution in [0.2, 0.25) is 0 Å². The number of carbonyl (C=O) groups is 4. The Kier molecular flexibility index (Phi) is 62.0. The molecule has 4 unspecified atom stereocenters. The van der Waals surface area contributed by atoms with Gasteiger partial charge in [-0.3, -0.25) is 37.3 Å². The summed E-state index contributed by atoms with van der Waals surface area (Å²) in [7, 11) is -9.93. The summed E-state index contributed by atoms with van der Waals surface area (Å²) >= 11 is 0. The second-order valence-electron chi connectivity index (χ2n) is 25.7. The van der Waals surface area contributed by atoms with E-state index in [-0.39, 0.29) is 25.7 Å². The Bertz CT molecular complexity index is 1980. The lowest BCUT2D eigenvalue weighted by Crippen LogP contribution is -2.30. The van der Waals surface area contributed by atoms with Gasteiger partial charge >= 0.3 is 39.5 Å². The third kappa shape index (κ3) is 64.4. The minimum atomic E-state index is -4.97. The van der Waals surface area contributed by atoms with E-state index in [9.17, 15) is 43.2 Å². The number of esters is 4. The van der Waals surface area contributed by atoms with E-state index < -0.39 is 97.5 Å². The molecule has 0 fully saturated rings. The van der Waals surface area contributed by atoms with Crippen LogP contribution in [0.15, 0.2) is 48.6 Å². The van der Waals surface area contributed by atoms with E-state index in [1.807, 2.05) is 0 Å². The van der Waals surface area contributed by atoms with Crippen molar-refractivity contribution in [1.29, 1.82) is 0 Å². The van der Waals surface area contributed by atoms with Crippen molar-refractivity contribution in [2.24, 2.45) is 11.8 Å². The second kappa shape index (κ2) is 64.0. The lowest BCUT2D eigenvalue weighted by atomic mass is 9.99. The highest BCUT2D eigenvalue weighted by molar-refractivity contribution is 7.47. The molecule has 0 aromatic heterocycles. The molecule has 0 aliphatic heterocycles. The molecule has 0 bridgehead atoms. The van der Waals surface area contributed by atoms with Crippen LogP contribution in [0.1, 0.15) is 324 Å². The number of carbonyl (C=O) groups excluding carboxylic acids is 4. The van der Waals surface area contributed by atoms with E-state index in [2.05, 4.69) is 90.2 Å². The summed E-state index contributed by atoms with van der Waals surface area (Å²) < 4.78 is 68.3. The monoisotopic (exact) mass is 1340 g/mol. The molecule has 3 N–H and O–H groups in total. The Morgan fingerprint density at radius 3 is 0.967 bits per heavy atom. The van der Waals surface area contributed by atoms with Gasteiger partial charge in [-0.1, -0.05) is 270 Å². The van der Waals surface area contributed by atoms with Gasteiger partial charge in [-0.05, 0) is 88.9 Å². The van der Waals surface area contributed by atoms with Crippen LogP contribution in [0.5, 0.6) is 0 Å². The fraction of sp³-hybridized carbons (Fsp3) is 0.836. The molecular formula is C73H134O17P2. The molecule has 0 heterocycles. The summed E-state index contributed by atoms with van der Waals surface area (Å²) in [5.41, 5.74) is 0. The predicted octanol–water partition coefficient (Wildman–Crippen LogP) is 20.3. The summed E-state index contributed by atoms with van der Waals surface area (Å²) in [5, 5.41) is 10.6. The Hall–Kier alpha value is -2.98. The Balaban J connectivity index is 5.32. The van der Waals surface area contributed by atoms with E-state index in [4.69, 9.17) is 37.0 Å². The van der Waals surface area contributed by atoms with Gasteiger partial charge in [0.25, 0.3) is 0 Å². The van der Waals surface area contributed by atoms with Crippen molar-refractivity contribution in [2.45, 2.75) is 342 Å². The quantitative estimate of drug-likeness (QED) is 0.0169. The van der Waals surface area contributed by atoms with Gasteiger partial charge in [-0.2, -0.15) is 0 Å². The van der Waals surface area contributed by atoms with Crippen LogP contribution in [0.4, 0.5) is 0 Å². The van der Waals surface area contributed by atoms with Crippen LogP contribution in [-0.4, -0.2) is 96.7 Å². The predicted molar refractivity (Wildman–Crippen MR) is 372 cm³/mol. The molecule has 0 aromatic rings. The lowest BCUT2D eigenvalue weighted by molar-refractivity contribution is -0.161. The maximum Gasteiger partial charge on any atom is 0.472 e. The number of aliphatic hydroxyl groups is 1. The molecule has 538 valence electrons. The van der Waals surface area contributed by atoms with Crippen molar-refractivity contribution in [3.63, 3.8) is 0 Å². The third-order valence-electron chi connectivity index (χ3n) is 16.1. The van der Waals surface area contributed by atoms with Gasteiger partial charge in [0.05, 0.1) is 26.4 Å². The lowest BCUT2D eigenvalue weighted by Gasteiger charge is -2.21. The SMILES string of the molecule is CCCCCC/C=C\C=C/CCCCCCCC(=O)OC[C@H](COP(=O)(O)OCC(O)COP(=O)(O)OC[C@@H](COC(=O)CCCCCCCCCC(C)C)OC(=O)CCCCCCC/C=C\C=C/CCCCCC)OC(=O)CCCCCCCCCCC(C)CC. The van der Waals surface area contributed by atoms with Crippen LogP contribution in [0.25, 0.3) is 0 Å². The van der Waals surface area contributed by atoms with E-state index in [0.717, 1.165) is 134 Å². The minimum Gasteiger partial charge on any atom is -0.462 e. The first-order chi connectivity index (χ1) is 44.4. The Morgan fingerprint density at radius 2 is 0.641 bits per heavy atom. The molecule has 92 heavy (non-hydrogen) atoms. The number of ether oxygens (including phenoxy) is 4. The summed E-state index contributed by atoms with van der Waals surface area (Å²) in [6.45, 7) is 9.37. The average Bonchev–Trinajstić information content (AvgIpc) is 1.73. The van der Waals surface area contributed by atoms with Crippen molar-refractivity contribution in [3.05, 3.63) is 48.6 Å². The van der Waals surface area contributed by atoms with Crippen molar-refractivity contribution >= 4 is 39.5 Å². The summed E-state index contributed by atoms with van der Waals surface area (Å²) in [4.78, 5) is 72.6. The van der Waals surface area contributed by atoms with Gasteiger partial charge in [0, 0.05) is 25.7 Å². The molecule has 0 aliphatic carbocycles. The van der Waals surface area contributed by atoms with Crippen LogP contribution in [-0.2, 0) is 65.4 Å². The molecule has 19 heteroatoms. The molecule has 0 saturated heterocycles. The van der Waals surface area contributed by atoms with Crippen LogP contribution < -0.4 is 0 Å². The highest BCUT2D eigenvalue weighted by Gasteiger charge is 2.30. The molecule has 0 aromatic carbocycles. The van der Waals surface area contributed by atoms with Crippen LogP contribution in [0, 0.1) is 11.8 Å². The Labute approximate surface area is 559 Å². The molecule has 0 rings (SSSR count). The molecule has 0 amide bonds. The number of unbranched alkanes of at least 4 members (excludes halogenated alkanes) is 31. The van der Waals surface area contributed by atoms with Gasteiger partial charge in [0.2, 0.25) is 0 Å². The van der Waals surface area contributed by atoms with E-state index in [1.54, 1.807) is 0 Å². The van der Waals surface area contributed by atoms with Crippen molar-refractivity contribution in [1.82, 2.24) is 0 Å². The number of phosphoric ester groups is 2. The maximum absolute atomic E-state index is 13.0. The summed E-state index contributed by atoms with van der Waals surface area (Å²) in [5.74, 6) is -0.719. The molecule has 0 radical (unpaired) electrons. The molecular weight excluding hydrogens is 1210 g/mol. The zero-order valence-corrected chi connectivity index (χ0v) is 60.6. The largest absolute Gasteiger partial charge is 0.472 e. The first-order valence-electron chi connectivity index (χ1n) is 36.7. The van der Waals surface area contributed by atoms with Gasteiger partial charge in [-0.15, -0.1) is 0 Å². The molecule has 0 saturated carbocycles. The van der Waals surface area contributed by atoms with Gasteiger partial charge < -0.3 is 33.8 Å². The first-order valence-corrected chi connectivity index (χ1v) is 39.7. The van der Waals surface area contributed by atoms with Gasteiger partial charge in [0.15, 0.2) is 12.2 Å². The molecule has 17 nitrogen and oxygen atoms in total. The van der Waals surface area contributed by atoms with E-state index >= 15 is 0 Å². The van der Waals surface area contributed by atoms with Crippen molar-refractivity contribution < 1.29 is 80.2 Å². The van der Waals surface area contributed by atoms with Gasteiger partial charge in [0.1, 0.15) is 19.3 Å². The normalized spacial score (nSPS) is 14.7. The number of allylic oxidation sites excluding steroid dienone is 8. The van der Waals surface area contributed by atoms with Crippen LogP contribution >= 0.6 is 15.6 Å². The number of rotatable bonds is 68. The topological polar surface area (TPSA) is 237 Å².